The highest BCUT2D eigenvalue weighted by Gasteiger charge is 2.71. The van der Waals surface area contributed by atoms with E-state index in [1.807, 2.05) is 6.08 Å². The molecule has 0 unspecified atom stereocenters. The minimum atomic E-state index is -2.00. The molecule has 17 heteroatoms. The molecule has 0 radical (unpaired) electrons. The Hall–Kier alpha value is -1.68. The molecule has 0 amide bonds. The predicted octanol–water partition coefficient (Wildman–Crippen LogP) is 1.55. The van der Waals surface area contributed by atoms with Crippen LogP contribution in [0.5, 0.6) is 0 Å². The molecule has 0 aromatic carbocycles. The Kier molecular flexibility index (Phi) is 12.6. The van der Waals surface area contributed by atoms with E-state index >= 15 is 0 Å². The van der Waals surface area contributed by atoms with Crippen LogP contribution >= 0.6 is 0 Å². The summed E-state index contributed by atoms with van der Waals surface area (Å²) in [6.07, 6.45) is -16.4. The Morgan fingerprint density at radius 1 is 0.688 bits per heavy atom. The number of aliphatic carboxylic acids is 1. The predicted molar refractivity (Wildman–Crippen MR) is 224 cm³/mol. The highest BCUT2D eigenvalue weighted by Crippen LogP contribution is 2.75. The molecule has 8 aliphatic rings. The van der Waals surface area contributed by atoms with Crippen LogP contribution in [0.1, 0.15) is 114 Å². The van der Waals surface area contributed by atoms with Gasteiger partial charge in [0.25, 0.3) is 0 Å². The van der Waals surface area contributed by atoms with Gasteiger partial charge in [0, 0.05) is 11.3 Å². The molecule has 9 N–H and O–H groups in total. The number of aliphatic hydroxyl groups excluding tert-OH is 8. The van der Waals surface area contributed by atoms with Crippen molar-refractivity contribution in [3.63, 3.8) is 0 Å². The number of carbonyl (C=O) groups excluding carboxylic acids is 1. The molecule has 3 heterocycles. The molecule has 7 fully saturated rings. The third-order valence-electron chi connectivity index (χ3n) is 18.7. The van der Waals surface area contributed by atoms with Gasteiger partial charge in [-0.2, -0.15) is 0 Å². The summed E-state index contributed by atoms with van der Waals surface area (Å²) < 4.78 is 36.0. The molecule has 23 atom stereocenters. The Morgan fingerprint density at radius 2 is 1.34 bits per heavy atom. The van der Waals surface area contributed by atoms with Gasteiger partial charge < -0.3 is 74.4 Å². The highest BCUT2D eigenvalue weighted by atomic mass is 16.8. The Morgan fingerprint density at radius 3 is 2.02 bits per heavy atom. The number of carboxylic acids is 1. The second-order valence-electron chi connectivity index (χ2n) is 23.3. The molecule has 0 aromatic rings. The summed E-state index contributed by atoms with van der Waals surface area (Å²) in [6.45, 7) is 18.7. The van der Waals surface area contributed by atoms with E-state index in [-0.39, 0.29) is 45.2 Å². The largest absolute Gasteiger partial charge is 0.479 e. The Balaban J connectivity index is 1.06. The van der Waals surface area contributed by atoms with Crippen LogP contribution in [-0.2, 0) is 38.0 Å². The summed E-state index contributed by atoms with van der Waals surface area (Å²) in [5.41, 5.74) is -0.893. The zero-order valence-electron chi connectivity index (χ0n) is 38.7. The van der Waals surface area contributed by atoms with Crippen molar-refractivity contribution < 1.29 is 84.0 Å². The number of aliphatic hydroxyl groups is 8. The quantitative estimate of drug-likeness (QED) is 0.164. The molecule has 4 saturated carbocycles. The Labute approximate surface area is 375 Å². The van der Waals surface area contributed by atoms with Crippen molar-refractivity contribution in [1.29, 1.82) is 0 Å². The van der Waals surface area contributed by atoms with Crippen LogP contribution in [0.4, 0.5) is 0 Å². The van der Waals surface area contributed by atoms with Gasteiger partial charge in [0.1, 0.15) is 54.9 Å². The number of ether oxygens (including phenoxy) is 6. The van der Waals surface area contributed by atoms with Gasteiger partial charge in [-0.3, -0.25) is 4.79 Å². The number of ketones is 1. The van der Waals surface area contributed by atoms with Crippen LogP contribution in [0.2, 0.25) is 0 Å². The standard InChI is InChI=1S/C47H74O17/c1-20-28(51)30(53)33(56)39(60-20)63-35-29(52)24(49)19-59-40(35)64-36-32(55)31(54)34(38(57)58)62-41(36)61-27-11-12-45(7)25(43(27,4)5)10-13-47(9)37(45)23(48)16-21-22-17-42(2,3)18-26(50)44(22,6)14-15-46(21,47)8/h16,20,22,24-37,39-41,49-56H,10-15,17-19H2,1-9H3,(H,57,58)/t20-,22+,24+,25-,26+,27+,28-,29+,30-,31-,32-,33-,34-,35-,36+,37-,39+,40-,41+,44-,45+,46-,47-/m1/s1. The first-order valence-corrected chi connectivity index (χ1v) is 23.4. The van der Waals surface area contributed by atoms with E-state index in [0.717, 1.165) is 38.5 Å². The molecule has 3 aliphatic heterocycles. The SMILES string of the molecule is C[C@H]1O[C@@H](O[C@H]2[C@@H](O[C@@H]3[C@@H](O[C@H]4CC[C@@]5(C)[C@H](CC[C@]6(C)[C@@H]5C(=O)C=C5[C@@H]7CC(C)(C)C[C@H](O)[C@]7(C)CC[C@]56C)C4(C)C)O[C@@H](C(=O)O)[C@H](O)[C@H]3O)OC[C@H](O)[C@@H]2O)[C@H](O)[C@H](O)[C@@H]1O. The lowest BCUT2D eigenvalue weighted by molar-refractivity contribution is -0.386. The minimum absolute atomic E-state index is 0.0494. The first-order chi connectivity index (χ1) is 29.6. The zero-order chi connectivity index (χ0) is 47.0. The van der Waals surface area contributed by atoms with E-state index in [1.165, 1.54) is 12.5 Å². The number of hydrogen-bond acceptors (Lipinski definition) is 16. The third kappa shape index (κ3) is 7.40. The fourth-order valence-electron chi connectivity index (χ4n) is 14.6. The van der Waals surface area contributed by atoms with Gasteiger partial charge >= 0.3 is 5.97 Å². The van der Waals surface area contributed by atoms with Crippen LogP contribution < -0.4 is 0 Å². The topological polar surface area (TPSA) is 272 Å². The maximum Gasteiger partial charge on any atom is 0.335 e. The maximum absolute atomic E-state index is 15.0. The summed E-state index contributed by atoms with van der Waals surface area (Å²) in [7, 11) is 0. The fraction of sp³-hybridized carbons (Fsp3) is 0.915. The summed E-state index contributed by atoms with van der Waals surface area (Å²) in [4.78, 5) is 27.4. The molecular weight excluding hydrogens is 837 g/mol. The number of carboxylic acid groups (broad SMARTS) is 1. The van der Waals surface area contributed by atoms with Crippen molar-refractivity contribution in [2.75, 3.05) is 6.61 Å². The molecule has 0 bridgehead atoms. The second kappa shape index (κ2) is 16.5. The van der Waals surface area contributed by atoms with Crippen LogP contribution in [0.3, 0.4) is 0 Å². The molecular formula is C47H74O17. The lowest BCUT2D eigenvalue weighted by atomic mass is 9.33. The maximum atomic E-state index is 15.0. The highest BCUT2D eigenvalue weighted by molar-refractivity contribution is 5.95. The lowest BCUT2D eigenvalue weighted by Gasteiger charge is -2.71. The number of fused-ring (bicyclic) bond motifs is 7. The van der Waals surface area contributed by atoms with E-state index in [9.17, 15) is 55.5 Å². The molecule has 364 valence electrons. The van der Waals surface area contributed by atoms with Gasteiger partial charge in [-0.15, -0.1) is 0 Å². The van der Waals surface area contributed by atoms with E-state index in [1.54, 1.807) is 0 Å². The number of allylic oxidation sites excluding steroid dienone is 2. The number of rotatable bonds is 7. The van der Waals surface area contributed by atoms with E-state index in [2.05, 4.69) is 55.4 Å². The summed E-state index contributed by atoms with van der Waals surface area (Å²) in [5.74, 6) is -1.67. The van der Waals surface area contributed by atoms with E-state index in [4.69, 9.17) is 28.4 Å². The van der Waals surface area contributed by atoms with Crippen molar-refractivity contribution in [1.82, 2.24) is 0 Å². The van der Waals surface area contributed by atoms with E-state index < -0.39 is 122 Å². The van der Waals surface area contributed by atoms with E-state index in [0.29, 0.717) is 12.8 Å². The molecule has 17 nitrogen and oxygen atoms in total. The second-order valence-corrected chi connectivity index (χ2v) is 23.3. The summed E-state index contributed by atoms with van der Waals surface area (Å²) in [6, 6.07) is 0. The van der Waals surface area contributed by atoms with Crippen molar-refractivity contribution in [2.45, 2.75) is 212 Å². The normalized spacial score (nSPS) is 54.7. The minimum Gasteiger partial charge on any atom is -0.479 e. The first-order valence-electron chi connectivity index (χ1n) is 23.4. The van der Waals surface area contributed by atoms with Gasteiger partial charge in [0.2, 0.25) is 0 Å². The molecule has 8 rings (SSSR count). The van der Waals surface area contributed by atoms with Crippen LogP contribution in [0.15, 0.2) is 11.6 Å². The molecule has 0 aromatic heterocycles. The summed E-state index contributed by atoms with van der Waals surface area (Å²) in [5, 5.41) is 97.3. The summed E-state index contributed by atoms with van der Waals surface area (Å²) >= 11 is 0. The van der Waals surface area contributed by atoms with Crippen molar-refractivity contribution >= 4 is 11.8 Å². The number of carbonyl (C=O) groups is 2. The average molecular weight is 911 g/mol. The Bertz CT molecular complexity index is 1820. The average Bonchev–Trinajstić information content (AvgIpc) is 3.20. The zero-order valence-corrected chi connectivity index (χ0v) is 38.7. The third-order valence-corrected chi connectivity index (χ3v) is 18.7. The van der Waals surface area contributed by atoms with Crippen molar-refractivity contribution in [3.8, 4) is 0 Å². The van der Waals surface area contributed by atoms with Gasteiger partial charge in [-0.1, -0.05) is 61.0 Å². The van der Waals surface area contributed by atoms with Crippen LogP contribution in [0, 0.1) is 50.2 Å². The van der Waals surface area contributed by atoms with Crippen LogP contribution in [-0.4, -0.2) is 163 Å². The van der Waals surface area contributed by atoms with Gasteiger partial charge in [-0.25, -0.2) is 4.79 Å². The monoisotopic (exact) mass is 910 g/mol. The van der Waals surface area contributed by atoms with Gasteiger partial charge in [0.05, 0.1) is 24.9 Å². The van der Waals surface area contributed by atoms with Crippen molar-refractivity contribution in [3.05, 3.63) is 11.6 Å². The molecule has 5 aliphatic carbocycles. The fourth-order valence-corrected chi connectivity index (χ4v) is 14.6. The lowest BCUT2D eigenvalue weighted by Crippen LogP contribution is -2.68. The van der Waals surface area contributed by atoms with Crippen LogP contribution in [0.25, 0.3) is 0 Å². The van der Waals surface area contributed by atoms with Gasteiger partial charge in [-0.05, 0) is 103 Å². The smallest absolute Gasteiger partial charge is 0.335 e. The van der Waals surface area contributed by atoms with Gasteiger partial charge in [0.15, 0.2) is 30.8 Å². The van der Waals surface area contributed by atoms with Crippen molar-refractivity contribution in [2.24, 2.45) is 50.2 Å². The molecule has 0 spiro atoms. The molecule has 64 heavy (non-hydrogen) atoms. The molecule has 3 saturated heterocycles. The first kappa shape index (κ1) is 48.8. The number of hydrogen-bond donors (Lipinski definition) is 9.